The van der Waals surface area contributed by atoms with E-state index in [0.29, 0.717) is 12.1 Å². The average molecular weight is 387 g/mol. The fraction of sp³-hybridized carbons (Fsp3) is 0.467. The quantitative estimate of drug-likeness (QED) is 0.794. The van der Waals surface area contributed by atoms with Crippen LogP contribution in [-0.4, -0.2) is 34.5 Å². The molecule has 1 amide bonds. The first-order valence-corrected chi connectivity index (χ1v) is 7.70. The van der Waals surface area contributed by atoms with Crippen LogP contribution in [0, 0.1) is 8.99 Å². The van der Waals surface area contributed by atoms with Crippen LogP contribution in [0.15, 0.2) is 24.3 Å². The summed E-state index contributed by atoms with van der Waals surface area (Å²) in [5, 5.41) is 9.49. The Labute approximate surface area is 132 Å². The lowest BCUT2D eigenvalue weighted by atomic mass is 9.76. The maximum Gasteiger partial charge on any atom is 0.326 e. The fourth-order valence-electron chi connectivity index (χ4n) is 2.84. The lowest BCUT2D eigenvalue weighted by Crippen LogP contribution is -2.56. The summed E-state index contributed by atoms with van der Waals surface area (Å²) in [5.74, 6) is -1.12. The van der Waals surface area contributed by atoms with Gasteiger partial charge in [0.15, 0.2) is 0 Å². The van der Waals surface area contributed by atoms with E-state index in [-0.39, 0.29) is 5.91 Å². The summed E-state index contributed by atoms with van der Waals surface area (Å²) in [6.45, 7) is 4.34. The van der Waals surface area contributed by atoms with Gasteiger partial charge in [-0.05, 0) is 65.1 Å². The third kappa shape index (κ3) is 2.97. The molecule has 0 aromatic heterocycles. The number of aliphatic carboxylic acids is 1. The van der Waals surface area contributed by atoms with E-state index < -0.39 is 17.4 Å². The highest BCUT2D eigenvalue weighted by atomic mass is 127. The number of carboxylic acids is 1. The van der Waals surface area contributed by atoms with E-state index in [1.54, 1.807) is 12.1 Å². The number of carboxylic acid groups (broad SMARTS) is 1. The van der Waals surface area contributed by atoms with Crippen LogP contribution in [0.2, 0.25) is 0 Å². The minimum Gasteiger partial charge on any atom is -0.480 e. The zero-order chi connectivity index (χ0) is 14.9. The summed E-state index contributed by atoms with van der Waals surface area (Å²) in [6.07, 6.45) is 1.66. The number of hydrogen-bond acceptors (Lipinski definition) is 2. The number of nitrogens with zero attached hydrogens (tertiary/aromatic N) is 1. The molecular formula is C15H18INO3. The molecule has 2 rings (SSSR count). The maximum atomic E-state index is 12.6. The number of piperidine rings is 1. The van der Waals surface area contributed by atoms with Crippen LogP contribution in [0.3, 0.4) is 0 Å². The molecule has 1 heterocycles. The highest BCUT2D eigenvalue weighted by Crippen LogP contribution is 2.36. The molecule has 108 valence electrons. The lowest BCUT2D eigenvalue weighted by Gasteiger charge is -2.44. The molecule has 1 aromatic rings. The van der Waals surface area contributed by atoms with Crippen molar-refractivity contribution in [2.24, 2.45) is 5.41 Å². The molecule has 1 aromatic carbocycles. The molecule has 4 nitrogen and oxygen atoms in total. The molecular weight excluding hydrogens is 369 g/mol. The van der Waals surface area contributed by atoms with Crippen LogP contribution >= 0.6 is 22.6 Å². The third-order valence-corrected chi connectivity index (χ3v) is 4.58. The van der Waals surface area contributed by atoms with E-state index in [9.17, 15) is 14.7 Å². The van der Waals surface area contributed by atoms with Gasteiger partial charge < -0.3 is 10.0 Å². The number of carbonyl (C=O) groups excluding carboxylic acids is 1. The molecule has 1 aliphatic heterocycles. The van der Waals surface area contributed by atoms with Crippen molar-refractivity contribution < 1.29 is 14.7 Å². The van der Waals surface area contributed by atoms with Crippen molar-refractivity contribution in [1.82, 2.24) is 4.90 Å². The molecule has 0 spiro atoms. The number of halogens is 1. The smallest absolute Gasteiger partial charge is 0.326 e. The third-order valence-electron chi connectivity index (χ3n) is 3.86. The Bertz CT molecular complexity index is 524. The summed E-state index contributed by atoms with van der Waals surface area (Å²) in [4.78, 5) is 25.7. The van der Waals surface area contributed by atoms with E-state index in [4.69, 9.17) is 0 Å². The second kappa shape index (κ2) is 5.71. The SMILES string of the molecule is CC1(C)CCCN(C(=O)c2ccc(I)cc2)C1C(=O)O. The summed E-state index contributed by atoms with van der Waals surface area (Å²) < 4.78 is 1.05. The number of amides is 1. The summed E-state index contributed by atoms with van der Waals surface area (Å²) in [6, 6.07) is 6.47. The molecule has 20 heavy (non-hydrogen) atoms. The number of carbonyl (C=O) groups is 2. The predicted molar refractivity (Wildman–Crippen MR) is 84.6 cm³/mol. The molecule has 0 bridgehead atoms. The zero-order valence-corrected chi connectivity index (χ0v) is 13.8. The van der Waals surface area contributed by atoms with Gasteiger partial charge in [-0.25, -0.2) is 4.79 Å². The second-order valence-electron chi connectivity index (χ2n) is 5.84. The van der Waals surface area contributed by atoms with Gasteiger partial charge in [0.2, 0.25) is 0 Å². The standard InChI is InChI=1S/C15H18INO3/c1-15(2)8-3-9-17(12(15)14(19)20)13(18)10-4-6-11(16)7-5-10/h4-7,12H,3,8-9H2,1-2H3,(H,19,20). The number of benzene rings is 1. The Kier molecular flexibility index (Phi) is 4.36. The summed E-state index contributed by atoms with van der Waals surface area (Å²) >= 11 is 2.18. The van der Waals surface area contributed by atoms with Gasteiger partial charge in [0.1, 0.15) is 6.04 Å². The predicted octanol–water partition coefficient (Wildman–Crippen LogP) is 3.01. The molecule has 1 saturated heterocycles. The first-order chi connectivity index (χ1) is 9.33. The van der Waals surface area contributed by atoms with Crippen LogP contribution in [0.25, 0.3) is 0 Å². The minimum atomic E-state index is -0.923. The van der Waals surface area contributed by atoms with Crippen LogP contribution in [0.4, 0.5) is 0 Å². The van der Waals surface area contributed by atoms with Gasteiger partial charge in [-0.3, -0.25) is 4.79 Å². The molecule has 5 heteroatoms. The topological polar surface area (TPSA) is 57.6 Å². The van der Waals surface area contributed by atoms with Crippen molar-refractivity contribution in [2.75, 3.05) is 6.54 Å². The van der Waals surface area contributed by atoms with Crippen molar-refractivity contribution in [2.45, 2.75) is 32.7 Å². The van der Waals surface area contributed by atoms with Crippen molar-refractivity contribution >= 4 is 34.5 Å². The Morgan fingerprint density at radius 1 is 1.30 bits per heavy atom. The molecule has 1 N–H and O–H groups in total. The Hall–Kier alpha value is -1.11. The Morgan fingerprint density at radius 2 is 1.90 bits per heavy atom. The largest absolute Gasteiger partial charge is 0.480 e. The van der Waals surface area contributed by atoms with Crippen molar-refractivity contribution in [1.29, 1.82) is 0 Å². The lowest BCUT2D eigenvalue weighted by molar-refractivity contribution is -0.148. The number of likely N-dealkylation sites (tertiary alicyclic amines) is 1. The van der Waals surface area contributed by atoms with E-state index in [2.05, 4.69) is 22.6 Å². The van der Waals surface area contributed by atoms with E-state index >= 15 is 0 Å². The molecule has 0 radical (unpaired) electrons. The van der Waals surface area contributed by atoms with E-state index in [0.717, 1.165) is 16.4 Å². The number of hydrogen-bond donors (Lipinski definition) is 1. The first kappa shape index (κ1) is 15.3. The normalized spacial score (nSPS) is 21.6. The Morgan fingerprint density at radius 3 is 2.45 bits per heavy atom. The van der Waals surface area contributed by atoms with Gasteiger partial charge in [-0.1, -0.05) is 13.8 Å². The monoisotopic (exact) mass is 387 g/mol. The summed E-state index contributed by atoms with van der Waals surface area (Å²) in [7, 11) is 0. The van der Waals surface area contributed by atoms with E-state index in [1.165, 1.54) is 4.90 Å². The van der Waals surface area contributed by atoms with Gasteiger partial charge in [0.05, 0.1) is 0 Å². The molecule has 1 atom stereocenters. The van der Waals surface area contributed by atoms with Crippen molar-refractivity contribution in [3.8, 4) is 0 Å². The van der Waals surface area contributed by atoms with Crippen LogP contribution < -0.4 is 0 Å². The minimum absolute atomic E-state index is 0.193. The molecule has 1 aliphatic rings. The van der Waals surface area contributed by atoms with Crippen LogP contribution in [0.1, 0.15) is 37.0 Å². The maximum absolute atomic E-state index is 12.6. The molecule has 0 aliphatic carbocycles. The molecule has 1 unspecified atom stereocenters. The zero-order valence-electron chi connectivity index (χ0n) is 11.6. The highest BCUT2D eigenvalue weighted by Gasteiger charge is 2.44. The second-order valence-corrected chi connectivity index (χ2v) is 7.08. The van der Waals surface area contributed by atoms with Crippen LogP contribution in [0.5, 0.6) is 0 Å². The average Bonchev–Trinajstić information content (AvgIpc) is 2.36. The molecule has 0 saturated carbocycles. The van der Waals surface area contributed by atoms with E-state index in [1.807, 2.05) is 26.0 Å². The van der Waals surface area contributed by atoms with Crippen LogP contribution in [-0.2, 0) is 4.79 Å². The summed E-state index contributed by atoms with van der Waals surface area (Å²) in [5.41, 5.74) is 0.150. The van der Waals surface area contributed by atoms with Crippen molar-refractivity contribution in [3.63, 3.8) is 0 Å². The highest BCUT2D eigenvalue weighted by molar-refractivity contribution is 14.1. The van der Waals surface area contributed by atoms with Crippen molar-refractivity contribution in [3.05, 3.63) is 33.4 Å². The van der Waals surface area contributed by atoms with Gasteiger partial charge in [0.25, 0.3) is 5.91 Å². The molecule has 1 fully saturated rings. The van der Waals surface area contributed by atoms with Gasteiger partial charge in [-0.2, -0.15) is 0 Å². The Balaban J connectivity index is 2.31. The van der Waals surface area contributed by atoms with Gasteiger partial charge >= 0.3 is 5.97 Å². The fourth-order valence-corrected chi connectivity index (χ4v) is 3.20. The first-order valence-electron chi connectivity index (χ1n) is 6.62. The van der Waals surface area contributed by atoms with Gasteiger partial charge in [0, 0.05) is 15.7 Å². The number of rotatable bonds is 2. The van der Waals surface area contributed by atoms with Gasteiger partial charge in [-0.15, -0.1) is 0 Å².